The van der Waals surface area contributed by atoms with Crippen LogP contribution < -0.4 is 10.6 Å². The number of aliphatic imine (C=N–C) groups is 1. The van der Waals surface area contributed by atoms with Crippen LogP contribution in [0.15, 0.2) is 35.3 Å². The molecule has 2 rings (SSSR count). The van der Waals surface area contributed by atoms with E-state index < -0.39 is 0 Å². The lowest BCUT2D eigenvalue weighted by Crippen LogP contribution is -2.37. The molecule has 1 heterocycles. The first kappa shape index (κ1) is 18.9. The van der Waals surface area contributed by atoms with E-state index in [0.29, 0.717) is 6.54 Å². The molecule has 0 aliphatic carbocycles. The molecule has 0 aliphatic heterocycles. The minimum atomic E-state index is 0. The van der Waals surface area contributed by atoms with Gasteiger partial charge in [-0.1, -0.05) is 30.3 Å². The molecule has 0 bridgehead atoms. The Bertz CT molecular complexity index is 576. The Balaban J connectivity index is 0.00000242. The van der Waals surface area contributed by atoms with Crippen LogP contribution in [0.2, 0.25) is 0 Å². The quantitative estimate of drug-likeness (QED) is 0.435. The van der Waals surface area contributed by atoms with Crippen LogP contribution in [0.5, 0.6) is 0 Å². The maximum absolute atomic E-state index is 4.52. The molecule has 0 spiro atoms. The van der Waals surface area contributed by atoms with Crippen LogP contribution in [0.3, 0.4) is 0 Å². The fourth-order valence-corrected chi connectivity index (χ4v) is 2.84. The van der Waals surface area contributed by atoms with Gasteiger partial charge in [0.2, 0.25) is 0 Å². The highest BCUT2D eigenvalue weighted by Crippen LogP contribution is 2.15. The third kappa shape index (κ3) is 5.92. The van der Waals surface area contributed by atoms with Crippen molar-refractivity contribution in [1.82, 2.24) is 15.6 Å². The molecule has 0 radical (unpaired) electrons. The highest BCUT2D eigenvalue weighted by Gasteiger charge is 2.04. The zero-order valence-corrected chi connectivity index (χ0v) is 16.4. The summed E-state index contributed by atoms with van der Waals surface area (Å²) in [5.74, 6) is 0.816. The van der Waals surface area contributed by atoms with E-state index in [4.69, 9.17) is 0 Å². The number of aryl methyl sites for hydroxylation is 2. The first-order chi connectivity index (χ1) is 10.2. The van der Waals surface area contributed by atoms with Gasteiger partial charge in [-0.3, -0.25) is 4.99 Å². The van der Waals surface area contributed by atoms with Crippen molar-refractivity contribution in [3.63, 3.8) is 0 Å². The number of nitrogens with zero attached hydrogens (tertiary/aromatic N) is 2. The van der Waals surface area contributed by atoms with E-state index in [1.54, 1.807) is 18.4 Å². The highest BCUT2D eigenvalue weighted by atomic mass is 127. The number of hydrogen-bond acceptors (Lipinski definition) is 3. The lowest BCUT2D eigenvalue weighted by atomic mass is 10.1. The molecule has 4 nitrogen and oxygen atoms in total. The maximum atomic E-state index is 4.52. The van der Waals surface area contributed by atoms with E-state index in [1.807, 2.05) is 13.0 Å². The van der Waals surface area contributed by atoms with Gasteiger partial charge in [0.1, 0.15) is 5.01 Å². The maximum Gasteiger partial charge on any atom is 0.191 e. The first-order valence-electron chi connectivity index (χ1n) is 7.10. The molecule has 0 fully saturated rings. The second kappa shape index (κ2) is 9.78. The molecule has 0 saturated carbocycles. The summed E-state index contributed by atoms with van der Waals surface area (Å²) >= 11 is 1.73. The van der Waals surface area contributed by atoms with Gasteiger partial charge in [0.25, 0.3) is 0 Å². The molecule has 1 aromatic carbocycles. The van der Waals surface area contributed by atoms with Gasteiger partial charge in [-0.05, 0) is 25.8 Å². The van der Waals surface area contributed by atoms with Crippen molar-refractivity contribution in [2.24, 2.45) is 4.99 Å². The monoisotopic (exact) mass is 430 g/mol. The highest BCUT2D eigenvalue weighted by molar-refractivity contribution is 14.0. The Morgan fingerprint density at radius 3 is 2.50 bits per heavy atom. The van der Waals surface area contributed by atoms with Crippen molar-refractivity contribution < 1.29 is 0 Å². The molecule has 2 aromatic rings. The Morgan fingerprint density at radius 2 is 1.91 bits per heavy atom. The Morgan fingerprint density at radius 1 is 1.18 bits per heavy atom. The summed E-state index contributed by atoms with van der Waals surface area (Å²) in [6.07, 6.45) is 0.983. The number of hydrogen-bond donors (Lipinski definition) is 2. The fraction of sp³-hybridized carbons (Fsp3) is 0.375. The van der Waals surface area contributed by atoms with Gasteiger partial charge in [-0.25, -0.2) is 4.98 Å². The zero-order valence-electron chi connectivity index (χ0n) is 13.2. The Kier molecular flexibility index (Phi) is 8.40. The molecule has 0 amide bonds. The van der Waals surface area contributed by atoms with Gasteiger partial charge in [0, 0.05) is 18.5 Å². The predicted molar refractivity (Wildman–Crippen MR) is 105 cm³/mol. The van der Waals surface area contributed by atoms with E-state index in [2.05, 4.69) is 51.8 Å². The van der Waals surface area contributed by atoms with E-state index >= 15 is 0 Å². The van der Waals surface area contributed by atoms with Crippen molar-refractivity contribution in [1.29, 1.82) is 0 Å². The smallest absolute Gasteiger partial charge is 0.191 e. The van der Waals surface area contributed by atoms with Crippen molar-refractivity contribution in [3.05, 3.63) is 51.5 Å². The lowest BCUT2D eigenvalue weighted by Gasteiger charge is -2.10. The molecular formula is C16H23IN4S. The average Bonchev–Trinajstić information content (AvgIpc) is 2.82. The van der Waals surface area contributed by atoms with Crippen LogP contribution in [0.25, 0.3) is 0 Å². The van der Waals surface area contributed by atoms with Crippen molar-refractivity contribution in [2.45, 2.75) is 26.8 Å². The van der Waals surface area contributed by atoms with Crippen LogP contribution in [0.4, 0.5) is 0 Å². The molecule has 120 valence electrons. The summed E-state index contributed by atoms with van der Waals surface area (Å²) in [4.78, 5) is 10.0. The molecule has 2 N–H and O–H groups in total. The largest absolute Gasteiger partial charge is 0.356 e. The van der Waals surface area contributed by atoms with Gasteiger partial charge in [-0.2, -0.15) is 0 Å². The number of rotatable bonds is 5. The molecule has 22 heavy (non-hydrogen) atoms. The average molecular weight is 430 g/mol. The molecule has 6 heteroatoms. The van der Waals surface area contributed by atoms with Crippen LogP contribution in [0.1, 0.15) is 21.1 Å². The first-order valence-corrected chi connectivity index (χ1v) is 7.92. The van der Waals surface area contributed by atoms with Crippen molar-refractivity contribution in [2.75, 3.05) is 13.6 Å². The van der Waals surface area contributed by atoms with Crippen LogP contribution >= 0.6 is 35.3 Å². The molecular weight excluding hydrogens is 407 g/mol. The van der Waals surface area contributed by atoms with Crippen LogP contribution in [-0.2, 0) is 13.0 Å². The van der Waals surface area contributed by atoms with E-state index in [-0.39, 0.29) is 24.0 Å². The number of aromatic nitrogens is 1. The minimum absolute atomic E-state index is 0. The number of thiazole rings is 1. The van der Waals surface area contributed by atoms with E-state index in [0.717, 1.165) is 29.6 Å². The number of halogens is 1. The number of guanidine groups is 1. The molecule has 1 aromatic heterocycles. The van der Waals surface area contributed by atoms with Crippen LogP contribution in [0, 0.1) is 13.8 Å². The molecule has 0 aliphatic rings. The van der Waals surface area contributed by atoms with Crippen molar-refractivity contribution in [3.8, 4) is 0 Å². The fourth-order valence-electron chi connectivity index (χ4n) is 1.96. The summed E-state index contributed by atoms with van der Waals surface area (Å²) in [5, 5.41) is 7.72. The van der Waals surface area contributed by atoms with Crippen LogP contribution in [-0.4, -0.2) is 24.5 Å². The summed E-state index contributed by atoms with van der Waals surface area (Å²) in [5.41, 5.74) is 2.44. The Hall–Kier alpha value is -1.15. The predicted octanol–water partition coefficient (Wildman–Crippen LogP) is 3.29. The van der Waals surface area contributed by atoms with Gasteiger partial charge in [-0.15, -0.1) is 35.3 Å². The topological polar surface area (TPSA) is 49.3 Å². The van der Waals surface area contributed by atoms with E-state index in [1.165, 1.54) is 10.4 Å². The van der Waals surface area contributed by atoms with E-state index in [9.17, 15) is 0 Å². The van der Waals surface area contributed by atoms with Gasteiger partial charge in [0.05, 0.1) is 12.2 Å². The molecule has 0 unspecified atom stereocenters. The normalized spacial score (nSPS) is 11.0. The lowest BCUT2D eigenvalue weighted by molar-refractivity contribution is 0.790. The third-order valence-electron chi connectivity index (χ3n) is 3.25. The summed E-state index contributed by atoms with van der Waals surface area (Å²) in [7, 11) is 1.79. The molecule has 0 saturated heterocycles. The summed E-state index contributed by atoms with van der Waals surface area (Å²) in [6.45, 7) is 5.72. The third-order valence-corrected chi connectivity index (χ3v) is 4.33. The van der Waals surface area contributed by atoms with Gasteiger partial charge >= 0.3 is 0 Å². The second-order valence-electron chi connectivity index (χ2n) is 4.84. The number of nitrogens with one attached hydrogen (secondary N) is 2. The standard InChI is InChI=1S/C16H22N4S.HI/c1-12-13(2)21-15(20-12)11-19-16(17-3)18-10-9-14-7-5-4-6-8-14;/h4-8H,9-11H2,1-3H3,(H2,17,18,19);1H. The van der Waals surface area contributed by atoms with Gasteiger partial charge in [0.15, 0.2) is 5.96 Å². The summed E-state index contributed by atoms with van der Waals surface area (Å²) < 4.78 is 0. The van der Waals surface area contributed by atoms with Gasteiger partial charge < -0.3 is 10.6 Å². The second-order valence-corrected chi connectivity index (χ2v) is 6.13. The summed E-state index contributed by atoms with van der Waals surface area (Å²) in [6, 6.07) is 10.4. The minimum Gasteiger partial charge on any atom is -0.356 e. The Labute approximate surface area is 153 Å². The van der Waals surface area contributed by atoms with Crippen molar-refractivity contribution >= 4 is 41.3 Å². The number of benzene rings is 1. The zero-order chi connectivity index (χ0) is 15.1. The SMILES string of the molecule is CN=C(NCCc1ccccc1)NCc1nc(C)c(C)s1.I. The molecule has 0 atom stereocenters.